The Kier molecular flexibility index (Phi) is 15.6. The molecule has 0 fully saturated rings. The van der Waals surface area contributed by atoms with E-state index in [1.165, 1.54) is 22.3 Å². The number of carbonyl (C=O) groups is 2. The lowest BCUT2D eigenvalue weighted by atomic mass is 9.89. The molecule has 0 saturated heterocycles. The lowest BCUT2D eigenvalue weighted by molar-refractivity contribution is -0.139. The van der Waals surface area contributed by atoms with Crippen LogP contribution in [0.2, 0.25) is 0 Å². The Hall–Kier alpha value is -4.20. The molecule has 7 nitrogen and oxygen atoms in total. The lowest BCUT2D eigenvalue weighted by Gasteiger charge is -2.21. The Morgan fingerprint density at radius 2 is 1.21 bits per heavy atom. The van der Waals surface area contributed by atoms with Gasteiger partial charge in [-0.25, -0.2) is 9.59 Å². The fourth-order valence-corrected chi connectivity index (χ4v) is 5.42. The summed E-state index contributed by atoms with van der Waals surface area (Å²) in [5.74, 6) is -0.373. The Labute approximate surface area is 286 Å². The summed E-state index contributed by atoms with van der Waals surface area (Å²) in [7, 11) is 0. The van der Waals surface area contributed by atoms with Gasteiger partial charge in [-0.3, -0.25) is 0 Å². The zero-order valence-electron chi connectivity index (χ0n) is 29.1. The van der Waals surface area contributed by atoms with E-state index in [9.17, 15) is 19.8 Å². The maximum absolute atomic E-state index is 12.0. The molecule has 0 radical (unpaired) electrons. The van der Waals surface area contributed by atoms with Gasteiger partial charge in [-0.05, 0) is 115 Å². The molecule has 48 heavy (non-hydrogen) atoms. The molecular weight excluding hydrogens is 604 g/mol. The van der Waals surface area contributed by atoms with Crippen LogP contribution in [0.25, 0.3) is 22.3 Å². The maximum Gasteiger partial charge on any atom is 0.333 e. The van der Waals surface area contributed by atoms with E-state index >= 15 is 0 Å². The first kappa shape index (κ1) is 38.2. The van der Waals surface area contributed by atoms with Gasteiger partial charge in [0.25, 0.3) is 0 Å². The van der Waals surface area contributed by atoms with E-state index in [2.05, 4.69) is 81.6 Å². The summed E-state index contributed by atoms with van der Waals surface area (Å²) in [5, 5.41) is 19.2. The summed E-state index contributed by atoms with van der Waals surface area (Å²) >= 11 is 0. The third-order valence-electron chi connectivity index (χ3n) is 8.37. The van der Waals surface area contributed by atoms with Crippen LogP contribution in [0.3, 0.4) is 0 Å². The number of ether oxygens (including phenoxy) is 3. The summed E-state index contributed by atoms with van der Waals surface area (Å²) in [4.78, 5) is 24.0. The van der Waals surface area contributed by atoms with Crippen LogP contribution in [0.4, 0.5) is 0 Å². The molecule has 2 N–H and O–H groups in total. The Balaban J connectivity index is 2.03. The highest BCUT2D eigenvalue weighted by Gasteiger charge is 2.18. The number of hydrogen-bond acceptors (Lipinski definition) is 7. The Morgan fingerprint density at radius 1 is 0.688 bits per heavy atom. The number of rotatable bonds is 20. The van der Waals surface area contributed by atoms with Crippen LogP contribution < -0.4 is 4.74 Å². The van der Waals surface area contributed by atoms with Gasteiger partial charge in [0.1, 0.15) is 5.75 Å². The monoisotopic (exact) mass is 656 g/mol. The molecule has 0 amide bonds. The smallest absolute Gasteiger partial charge is 0.333 e. The molecule has 0 aliphatic heterocycles. The van der Waals surface area contributed by atoms with Crippen LogP contribution in [0.5, 0.6) is 5.75 Å². The number of hydrogen-bond donors (Lipinski definition) is 2. The van der Waals surface area contributed by atoms with Crippen molar-refractivity contribution in [3.8, 4) is 28.0 Å². The quantitative estimate of drug-likeness (QED) is 0.0733. The third kappa shape index (κ3) is 11.2. The first-order valence-electron chi connectivity index (χ1n) is 17.0. The molecule has 0 spiro atoms. The van der Waals surface area contributed by atoms with Gasteiger partial charge in [0.05, 0.1) is 19.8 Å². The third-order valence-corrected chi connectivity index (χ3v) is 8.37. The van der Waals surface area contributed by atoms with Crippen molar-refractivity contribution in [1.82, 2.24) is 0 Å². The molecule has 0 atom stereocenters. The van der Waals surface area contributed by atoms with Crippen molar-refractivity contribution in [3.63, 3.8) is 0 Å². The van der Waals surface area contributed by atoms with E-state index in [0.717, 1.165) is 40.8 Å². The topological polar surface area (TPSA) is 102 Å². The lowest BCUT2D eigenvalue weighted by Crippen LogP contribution is -2.16. The minimum atomic E-state index is -0.415. The van der Waals surface area contributed by atoms with Gasteiger partial charge >= 0.3 is 11.9 Å². The zero-order valence-corrected chi connectivity index (χ0v) is 29.1. The second-order valence-electron chi connectivity index (χ2n) is 12.3. The Morgan fingerprint density at radius 3 is 1.69 bits per heavy atom. The predicted molar refractivity (Wildman–Crippen MR) is 192 cm³/mol. The van der Waals surface area contributed by atoms with E-state index in [1.54, 1.807) is 13.8 Å². The van der Waals surface area contributed by atoms with Crippen molar-refractivity contribution in [1.29, 1.82) is 0 Å². The van der Waals surface area contributed by atoms with Gasteiger partial charge in [-0.15, -0.1) is 0 Å². The maximum atomic E-state index is 12.0. The fraction of sp³-hybridized carbons (Fsp3) is 0.415. The summed E-state index contributed by atoms with van der Waals surface area (Å²) in [6.07, 6.45) is 4.68. The molecule has 0 bridgehead atoms. The molecule has 3 rings (SSSR count). The van der Waals surface area contributed by atoms with Crippen LogP contribution in [0, 0.1) is 5.92 Å². The van der Waals surface area contributed by atoms with E-state index < -0.39 is 11.9 Å². The molecule has 0 saturated carbocycles. The van der Waals surface area contributed by atoms with Gasteiger partial charge in [0.2, 0.25) is 0 Å². The highest BCUT2D eigenvalue weighted by atomic mass is 16.5. The second kappa shape index (κ2) is 19.6. The second-order valence-corrected chi connectivity index (χ2v) is 12.3. The molecule has 258 valence electrons. The number of esters is 2. The first-order chi connectivity index (χ1) is 23.1. The summed E-state index contributed by atoms with van der Waals surface area (Å²) in [5.41, 5.74) is 9.71. The molecule has 0 aromatic heterocycles. The van der Waals surface area contributed by atoms with Gasteiger partial charge in [-0.2, -0.15) is 0 Å². The van der Waals surface area contributed by atoms with E-state index in [1.807, 2.05) is 0 Å². The fourth-order valence-electron chi connectivity index (χ4n) is 5.42. The van der Waals surface area contributed by atoms with Crippen molar-refractivity contribution in [2.75, 3.05) is 33.0 Å². The van der Waals surface area contributed by atoms with Crippen LogP contribution in [-0.4, -0.2) is 55.2 Å². The van der Waals surface area contributed by atoms with E-state index in [-0.39, 0.29) is 32.3 Å². The summed E-state index contributed by atoms with van der Waals surface area (Å²) < 4.78 is 17.2. The Bertz CT molecular complexity index is 1480. The van der Waals surface area contributed by atoms with Crippen molar-refractivity contribution in [2.45, 2.75) is 72.6 Å². The van der Waals surface area contributed by atoms with Crippen LogP contribution in [0.15, 0.2) is 78.9 Å². The van der Waals surface area contributed by atoms with Gasteiger partial charge in [0.15, 0.2) is 0 Å². The molecule has 3 aromatic rings. The van der Waals surface area contributed by atoms with Crippen LogP contribution >= 0.6 is 0 Å². The molecular formula is C41H52O7. The van der Waals surface area contributed by atoms with Crippen molar-refractivity contribution in [2.24, 2.45) is 5.92 Å². The van der Waals surface area contributed by atoms with Crippen molar-refractivity contribution in [3.05, 3.63) is 101 Å². The summed E-state index contributed by atoms with van der Waals surface area (Å²) in [6.45, 7) is 15.4. The number of carbonyl (C=O) groups excluding carboxylic acids is 2. The van der Waals surface area contributed by atoms with Crippen molar-refractivity contribution < 1.29 is 34.0 Å². The van der Waals surface area contributed by atoms with Crippen LogP contribution in [0.1, 0.15) is 69.2 Å². The molecule has 3 aromatic carbocycles. The minimum absolute atomic E-state index is 0.126. The number of aliphatic hydroxyl groups is 2. The summed E-state index contributed by atoms with van der Waals surface area (Å²) in [6, 6.07) is 19.6. The normalized spacial score (nSPS) is 11.0. The molecule has 0 aliphatic rings. The minimum Gasteiger partial charge on any atom is -0.493 e. The zero-order chi connectivity index (χ0) is 35.1. The molecule has 0 aliphatic carbocycles. The number of aliphatic hydroxyl groups excluding tert-OH is 2. The average molecular weight is 657 g/mol. The standard InChI is InChI=1S/C41H52O7/c1-7-30-13-15-33(16-14-30)34-17-18-38(32(8-2)23-34)37-24-35(11-9-20-47-40(44)28(3)4)39(46-22-19-31(26-42)27-43)36(25-37)12-10-21-48-41(45)29(5)6/h13-18,23-25,31,42-43H,3,5,7-12,19-22,26-27H2,1-2,4,6H3. The largest absolute Gasteiger partial charge is 0.493 e. The SMILES string of the molecule is C=C(C)C(=O)OCCCc1cc(-c2ccc(-c3ccc(CC)cc3)cc2CC)cc(CCCOC(=O)C(=C)C)c1OCCC(CO)CO. The van der Waals surface area contributed by atoms with Gasteiger partial charge in [-0.1, -0.05) is 69.5 Å². The predicted octanol–water partition coefficient (Wildman–Crippen LogP) is 7.62. The number of aryl methyl sites for hydroxylation is 4. The molecule has 0 unspecified atom stereocenters. The first-order valence-corrected chi connectivity index (χ1v) is 17.0. The number of benzene rings is 3. The van der Waals surface area contributed by atoms with E-state index in [0.29, 0.717) is 49.9 Å². The molecule has 0 heterocycles. The highest BCUT2D eigenvalue weighted by Crippen LogP contribution is 2.36. The molecule has 7 heteroatoms. The van der Waals surface area contributed by atoms with Gasteiger partial charge < -0.3 is 24.4 Å². The van der Waals surface area contributed by atoms with Crippen molar-refractivity contribution >= 4 is 11.9 Å². The average Bonchev–Trinajstić information content (AvgIpc) is 3.10. The van der Waals surface area contributed by atoms with Crippen LogP contribution in [-0.2, 0) is 44.7 Å². The van der Waals surface area contributed by atoms with Gasteiger partial charge in [0, 0.05) is 30.3 Å². The highest BCUT2D eigenvalue weighted by molar-refractivity contribution is 5.87. The van der Waals surface area contributed by atoms with E-state index in [4.69, 9.17) is 14.2 Å².